The van der Waals surface area contributed by atoms with Crippen molar-refractivity contribution in [3.8, 4) is 0 Å². The summed E-state index contributed by atoms with van der Waals surface area (Å²) in [4.78, 5) is 0. The van der Waals surface area contributed by atoms with Crippen molar-refractivity contribution in [3.63, 3.8) is 0 Å². The van der Waals surface area contributed by atoms with Gasteiger partial charge in [-0.1, -0.05) is 33.6 Å². The van der Waals surface area contributed by atoms with Crippen LogP contribution in [0.5, 0.6) is 0 Å². The van der Waals surface area contributed by atoms with Gasteiger partial charge in [0.25, 0.3) is 0 Å². The minimum atomic E-state index is 0.389. The fourth-order valence-corrected chi connectivity index (χ4v) is 2.06. The first-order valence-electron chi connectivity index (χ1n) is 6.58. The highest BCUT2D eigenvalue weighted by Gasteiger charge is 2.17. The molecule has 1 rings (SSSR count). The standard InChI is InChI=1S/C14H25NO/c1-4-9-15-13(11-12(5-2)6-3)14-8-7-10-16-14/h7-8,10,12-13,15H,4-6,9,11H2,1-3H3. The third-order valence-electron chi connectivity index (χ3n) is 3.25. The van der Waals surface area contributed by atoms with E-state index in [0.717, 1.165) is 18.2 Å². The molecule has 0 fully saturated rings. The predicted octanol–water partition coefficient (Wildman–Crippen LogP) is 4.15. The van der Waals surface area contributed by atoms with E-state index in [0.29, 0.717) is 6.04 Å². The maximum absolute atomic E-state index is 5.52. The molecule has 1 heterocycles. The average Bonchev–Trinajstić information content (AvgIpc) is 2.83. The number of nitrogens with one attached hydrogen (secondary N) is 1. The van der Waals surface area contributed by atoms with Crippen molar-refractivity contribution in [2.24, 2.45) is 5.92 Å². The molecule has 1 N–H and O–H groups in total. The summed E-state index contributed by atoms with van der Waals surface area (Å²) in [5.74, 6) is 1.87. The van der Waals surface area contributed by atoms with Gasteiger partial charge >= 0.3 is 0 Å². The zero-order valence-corrected chi connectivity index (χ0v) is 10.8. The van der Waals surface area contributed by atoms with Gasteiger partial charge in [0.15, 0.2) is 0 Å². The van der Waals surface area contributed by atoms with Crippen molar-refractivity contribution in [2.75, 3.05) is 6.54 Å². The molecule has 2 heteroatoms. The minimum Gasteiger partial charge on any atom is -0.468 e. The van der Waals surface area contributed by atoms with E-state index >= 15 is 0 Å². The molecule has 0 bridgehead atoms. The van der Waals surface area contributed by atoms with Crippen LogP contribution in [0.15, 0.2) is 22.8 Å². The van der Waals surface area contributed by atoms with Gasteiger partial charge in [-0.3, -0.25) is 0 Å². The topological polar surface area (TPSA) is 25.2 Å². The maximum atomic E-state index is 5.52. The van der Waals surface area contributed by atoms with Gasteiger partial charge in [-0.2, -0.15) is 0 Å². The van der Waals surface area contributed by atoms with Crippen LogP contribution in [0.1, 0.15) is 58.3 Å². The SMILES string of the molecule is CCCNC(CC(CC)CC)c1ccco1. The predicted molar refractivity (Wildman–Crippen MR) is 68.4 cm³/mol. The number of rotatable bonds is 8. The summed E-state index contributed by atoms with van der Waals surface area (Å²) >= 11 is 0. The molecule has 0 aliphatic carbocycles. The third-order valence-corrected chi connectivity index (χ3v) is 3.25. The largest absolute Gasteiger partial charge is 0.468 e. The monoisotopic (exact) mass is 223 g/mol. The van der Waals surface area contributed by atoms with Crippen molar-refractivity contribution >= 4 is 0 Å². The zero-order valence-electron chi connectivity index (χ0n) is 10.8. The summed E-state index contributed by atoms with van der Waals surface area (Å²) in [7, 11) is 0. The van der Waals surface area contributed by atoms with Crippen molar-refractivity contribution < 1.29 is 4.42 Å². The molecular formula is C14H25NO. The molecule has 0 radical (unpaired) electrons. The molecule has 1 atom stereocenters. The molecule has 1 unspecified atom stereocenters. The van der Waals surface area contributed by atoms with E-state index in [2.05, 4.69) is 32.2 Å². The molecule has 0 aliphatic heterocycles. The Labute approximate surface area is 99.4 Å². The zero-order chi connectivity index (χ0) is 11.8. The smallest absolute Gasteiger partial charge is 0.120 e. The van der Waals surface area contributed by atoms with Crippen molar-refractivity contribution in [3.05, 3.63) is 24.2 Å². The molecule has 1 aromatic heterocycles. The Kier molecular flexibility index (Phi) is 6.24. The molecule has 0 aliphatic rings. The van der Waals surface area contributed by atoms with Gasteiger partial charge in [0, 0.05) is 0 Å². The summed E-state index contributed by atoms with van der Waals surface area (Å²) in [5.41, 5.74) is 0. The quantitative estimate of drug-likeness (QED) is 0.716. The van der Waals surface area contributed by atoms with E-state index in [9.17, 15) is 0 Å². The lowest BCUT2D eigenvalue weighted by Crippen LogP contribution is -2.24. The minimum absolute atomic E-state index is 0.389. The Hall–Kier alpha value is -0.760. The third kappa shape index (κ3) is 4.01. The molecule has 0 amide bonds. The Bertz CT molecular complexity index is 252. The highest BCUT2D eigenvalue weighted by atomic mass is 16.3. The summed E-state index contributed by atoms with van der Waals surface area (Å²) < 4.78 is 5.52. The van der Waals surface area contributed by atoms with Crippen LogP contribution in [0.3, 0.4) is 0 Å². The first kappa shape index (κ1) is 13.3. The van der Waals surface area contributed by atoms with Gasteiger partial charge in [0.1, 0.15) is 5.76 Å². The van der Waals surface area contributed by atoms with Crippen LogP contribution in [0.25, 0.3) is 0 Å². The van der Waals surface area contributed by atoms with Crippen LogP contribution in [0, 0.1) is 5.92 Å². The van der Waals surface area contributed by atoms with E-state index in [4.69, 9.17) is 4.42 Å². The average molecular weight is 223 g/mol. The lowest BCUT2D eigenvalue weighted by Gasteiger charge is -2.21. The second-order valence-electron chi connectivity index (χ2n) is 4.44. The van der Waals surface area contributed by atoms with Crippen LogP contribution in [-0.2, 0) is 0 Å². The Morgan fingerprint density at radius 3 is 2.50 bits per heavy atom. The highest BCUT2D eigenvalue weighted by Crippen LogP contribution is 2.25. The molecule has 0 spiro atoms. The molecule has 0 aromatic carbocycles. The molecule has 0 saturated heterocycles. The summed E-state index contributed by atoms with van der Waals surface area (Å²) in [6, 6.07) is 4.44. The van der Waals surface area contributed by atoms with Crippen LogP contribution in [0.4, 0.5) is 0 Å². The molecular weight excluding hydrogens is 198 g/mol. The summed E-state index contributed by atoms with van der Waals surface area (Å²) in [6.45, 7) is 7.80. The van der Waals surface area contributed by atoms with Crippen molar-refractivity contribution in [1.29, 1.82) is 0 Å². The number of furan rings is 1. The first-order valence-corrected chi connectivity index (χ1v) is 6.58. The Morgan fingerprint density at radius 2 is 2.00 bits per heavy atom. The van der Waals surface area contributed by atoms with E-state index in [1.807, 2.05) is 6.07 Å². The summed E-state index contributed by atoms with van der Waals surface area (Å²) in [6.07, 6.45) is 6.62. The second kappa shape index (κ2) is 7.50. The Morgan fingerprint density at radius 1 is 1.25 bits per heavy atom. The van der Waals surface area contributed by atoms with Gasteiger partial charge in [0.2, 0.25) is 0 Å². The van der Waals surface area contributed by atoms with Gasteiger partial charge < -0.3 is 9.73 Å². The normalized spacial score (nSPS) is 13.2. The number of hydrogen-bond donors (Lipinski definition) is 1. The van der Waals surface area contributed by atoms with E-state index < -0.39 is 0 Å². The van der Waals surface area contributed by atoms with Gasteiger partial charge in [0.05, 0.1) is 12.3 Å². The molecule has 16 heavy (non-hydrogen) atoms. The molecule has 1 aromatic rings. The fraction of sp³-hybridized carbons (Fsp3) is 0.714. The molecule has 2 nitrogen and oxygen atoms in total. The maximum Gasteiger partial charge on any atom is 0.120 e. The first-order chi connectivity index (χ1) is 7.81. The van der Waals surface area contributed by atoms with E-state index in [1.54, 1.807) is 6.26 Å². The van der Waals surface area contributed by atoms with Crippen molar-refractivity contribution in [2.45, 2.75) is 52.5 Å². The van der Waals surface area contributed by atoms with Crippen LogP contribution in [-0.4, -0.2) is 6.54 Å². The van der Waals surface area contributed by atoms with E-state index in [1.165, 1.54) is 25.7 Å². The molecule has 0 saturated carbocycles. The van der Waals surface area contributed by atoms with Crippen molar-refractivity contribution in [1.82, 2.24) is 5.32 Å². The van der Waals surface area contributed by atoms with Gasteiger partial charge in [-0.05, 0) is 37.4 Å². The molecule has 92 valence electrons. The van der Waals surface area contributed by atoms with Crippen LogP contribution >= 0.6 is 0 Å². The number of hydrogen-bond acceptors (Lipinski definition) is 2. The van der Waals surface area contributed by atoms with Crippen LogP contribution < -0.4 is 5.32 Å². The Balaban J connectivity index is 2.56. The van der Waals surface area contributed by atoms with Gasteiger partial charge in [-0.15, -0.1) is 0 Å². The highest BCUT2D eigenvalue weighted by molar-refractivity contribution is 5.04. The van der Waals surface area contributed by atoms with E-state index in [-0.39, 0.29) is 0 Å². The lowest BCUT2D eigenvalue weighted by molar-refractivity contribution is 0.329. The lowest BCUT2D eigenvalue weighted by atomic mass is 9.93. The second-order valence-corrected chi connectivity index (χ2v) is 4.44. The van der Waals surface area contributed by atoms with Crippen LogP contribution in [0.2, 0.25) is 0 Å². The fourth-order valence-electron chi connectivity index (χ4n) is 2.06. The van der Waals surface area contributed by atoms with Gasteiger partial charge in [-0.25, -0.2) is 0 Å². The summed E-state index contributed by atoms with van der Waals surface area (Å²) in [5, 5.41) is 3.58.